The molecule has 0 aliphatic heterocycles. The van der Waals surface area contributed by atoms with Gasteiger partial charge in [0.05, 0.1) is 0 Å². The van der Waals surface area contributed by atoms with Crippen LogP contribution in [0.25, 0.3) is 0 Å². The molecule has 0 bridgehead atoms. The molecule has 0 aromatic carbocycles. The van der Waals surface area contributed by atoms with Gasteiger partial charge in [0.1, 0.15) is 5.01 Å². The van der Waals surface area contributed by atoms with Gasteiger partial charge in [-0.1, -0.05) is 18.3 Å². The largest absolute Gasteiger partial charge is 0.396 e. The van der Waals surface area contributed by atoms with E-state index < -0.39 is 0 Å². The molecule has 1 aliphatic rings. The zero-order valence-corrected chi connectivity index (χ0v) is 11.3. The predicted molar refractivity (Wildman–Crippen MR) is 69.8 cm³/mol. The number of urea groups is 1. The molecule has 1 fully saturated rings. The number of hydrogen-bond acceptors (Lipinski definition) is 5. The summed E-state index contributed by atoms with van der Waals surface area (Å²) in [4.78, 5) is 11.7. The second kappa shape index (κ2) is 5.62. The molecule has 3 N–H and O–H groups in total. The fraction of sp³-hybridized carbons (Fsp3) is 0.727. The number of rotatable bonds is 5. The Balaban J connectivity index is 1.82. The van der Waals surface area contributed by atoms with Gasteiger partial charge in [-0.05, 0) is 25.7 Å². The Labute approximate surface area is 110 Å². The molecular weight excluding hydrogens is 252 g/mol. The lowest BCUT2D eigenvalue weighted by Crippen LogP contribution is -2.40. The summed E-state index contributed by atoms with van der Waals surface area (Å²) in [5.74, 6) is 0.571. The molecule has 1 aromatic rings. The average molecular weight is 270 g/mol. The van der Waals surface area contributed by atoms with E-state index in [-0.39, 0.29) is 24.6 Å². The van der Waals surface area contributed by atoms with Crippen molar-refractivity contribution in [3.8, 4) is 0 Å². The van der Waals surface area contributed by atoms with Crippen LogP contribution in [-0.2, 0) is 0 Å². The third-order valence-corrected chi connectivity index (χ3v) is 4.09. The predicted octanol–water partition coefficient (Wildman–Crippen LogP) is 1.55. The number of hydrogen-bond donors (Lipinski definition) is 3. The molecule has 7 heteroatoms. The molecule has 0 spiro atoms. The zero-order valence-electron chi connectivity index (χ0n) is 10.5. The summed E-state index contributed by atoms with van der Waals surface area (Å²) in [7, 11) is 0. The first-order chi connectivity index (χ1) is 8.60. The van der Waals surface area contributed by atoms with E-state index in [2.05, 4.69) is 20.8 Å². The summed E-state index contributed by atoms with van der Waals surface area (Å²) < 4.78 is 0. The molecule has 1 aliphatic carbocycles. The van der Waals surface area contributed by atoms with Crippen molar-refractivity contribution in [2.75, 3.05) is 11.9 Å². The quantitative estimate of drug-likeness (QED) is 0.757. The smallest absolute Gasteiger partial charge is 0.321 e. The summed E-state index contributed by atoms with van der Waals surface area (Å²) in [5, 5.41) is 23.9. The van der Waals surface area contributed by atoms with E-state index in [1.807, 2.05) is 13.8 Å². The van der Waals surface area contributed by atoms with Crippen LogP contribution in [0.4, 0.5) is 9.93 Å². The second-order valence-electron chi connectivity index (χ2n) is 4.77. The maximum Gasteiger partial charge on any atom is 0.321 e. The standard InChI is InChI=1S/C11H18N4O2S/c1-6(5-16)7(2)12-10(17)13-11-15-14-9(18-11)8-3-4-8/h6-8,16H,3-5H2,1-2H3,(H2,12,13,15,17). The van der Waals surface area contributed by atoms with Gasteiger partial charge in [-0.3, -0.25) is 5.32 Å². The van der Waals surface area contributed by atoms with E-state index in [1.54, 1.807) is 0 Å². The van der Waals surface area contributed by atoms with Crippen LogP contribution in [-0.4, -0.2) is 34.0 Å². The molecule has 100 valence electrons. The highest BCUT2D eigenvalue weighted by Gasteiger charge is 2.27. The van der Waals surface area contributed by atoms with Crippen LogP contribution in [0.15, 0.2) is 0 Å². The Kier molecular flexibility index (Phi) is 4.13. The Morgan fingerprint density at radius 3 is 2.83 bits per heavy atom. The van der Waals surface area contributed by atoms with Gasteiger partial charge in [0.25, 0.3) is 0 Å². The number of aliphatic hydroxyl groups excluding tert-OH is 1. The third-order valence-electron chi connectivity index (χ3n) is 3.09. The van der Waals surface area contributed by atoms with Crippen LogP contribution in [0, 0.1) is 5.92 Å². The fourth-order valence-corrected chi connectivity index (χ4v) is 2.33. The molecular formula is C11H18N4O2S. The van der Waals surface area contributed by atoms with Crippen molar-refractivity contribution in [1.82, 2.24) is 15.5 Å². The average Bonchev–Trinajstić information content (AvgIpc) is 3.09. The highest BCUT2D eigenvalue weighted by Crippen LogP contribution is 2.41. The van der Waals surface area contributed by atoms with Crippen LogP contribution >= 0.6 is 11.3 Å². The van der Waals surface area contributed by atoms with Crippen LogP contribution in [0.2, 0.25) is 0 Å². The lowest BCUT2D eigenvalue weighted by molar-refractivity contribution is 0.204. The molecule has 2 atom stereocenters. The molecule has 2 amide bonds. The highest BCUT2D eigenvalue weighted by atomic mass is 32.1. The van der Waals surface area contributed by atoms with Gasteiger partial charge in [0.2, 0.25) is 5.13 Å². The lowest BCUT2D eigenvalue weighted by atomic mass is 10.1. The molecule has 6 nitrogen and oxygen atoms in total. The van der Waals surface area contributed by atoms with Gasteiger partial charge in [-0.25, -0.2) is 4.79 Å². The van der Waals surface area contributed by atoms with Crippen molar-refractivity contribution in [3.05, 3.63) is 5.01 Å². The van der Waals surface area contributed by atoms with Crippen molar-refractivity contribution in [2.24, 2.45) is 5.92 Å². The number of nitrogens with one attached hydrogen (secondary N) is 2. The Morgan fingerprint density at radius 1 is 1.50 bits per heavy atom. The number of anilines is 1. The highest BCUT2D eigenvalue weighted by molar-refractivity contribution is 7.15. The van der Waals surface area contributed by atoms with Gasteiger partial charge in [-0.2, -0.15) is 0 Å². The number of carbonyl (C=O) groups is 1. The van der Waals surface area contributed by atoms with Crippen LogP contribution < -0.4 is 10.6 Å². The van der Waals surface area contributed by atoms with Crippen molar-refractivity contribution in [3.63, 3.8) is 0 Å². The van der Waals surface area contributed by atoms with Crippen molar-refractivity contribution < 1.29 is 9.90 Å². The third kappa shape index (κ3) is 3.39. The first-order valence-corrected chi connectivity index (χ1v) is 6.93. The van der Waals surface area contributed by atoms with Crippen molar-refractivity contribution in [2.45, 2.75) is 38.6 Å². The van der Waals surface area contributed by atoms with Crippen LogP contribution in [0.3, 0.4) is 0 Å². The summed E-state index contributed by atoms with van der Waals surface area (Å²) in [6.45, 7) is 3.78. The molecule has 2 unspecified atom stereocenters. The van der Waals surface area contributed by atoms with Crippen molar-refractivity contribution >= 4 is 22.5 Å². The monoisotopic (exact) mass is 270 g/mol. The van der Waals surface area contributed by atoms with E-state index in [1.165, 1.54) is 24.2 Å². The summed E-state index contributed by atoms with van der Waals surface area (Å²) in [6, 6.07) is -0.396. The Hall–Kier alpha value is -1.21. The maximum atomic E-state index is 11.7. The minimum Gasteiger partial charge on any atom is -0.396 e. The molecule has 0 radical (unpaired) electrons. The molecule has 18 heavy (non-hydrogen) atoms. The van der Waals surface area contributed by atoms with E-state index in [4.69, 9.17) is 5.11 Å². The van der Waals surface area contributed by atoms with Gasteiger partial charge in [0, 0.05) is 18.6 Å². The fourth-order valence-electron chi connectivity index (χ4n) is 1.42. The van der Waals surface area contributed by atoms with E-state index in [0.29, 0.717) is 11.0 Å². The maximum absolute atomic E-state index is 11.7. The number of nitrogens with zero attached hydrogens (tertiary/aromatic N) is 2. The second-order valence-corrected chi connectivity index (χ2v) is 5.78. The van der Waals surface area contributed by atoms with E-state index in [9.17, 15) is 4.79 Å². The van der Waals surface area contributed by atoms with Gasteiger partial charge >= 0.3 is 6.03 Å². The van der Waals surface area contributed by atoms with Gasteiger partial charge in [-0.15, -0.1) is 10.2 Å². The molecule has 1 heterocycles. The summed E-state index contributed by atoms with van der Waals surface area (Å²) >= 11 is 1.43. The first kappa shape index (κ1) is 13.2. The number of amides is 2. The van der Waals surface area contributed by atoms with Gasteiger partial charge < -0.3 is 10.4 Å². The lowest BCUT2D eigenvalue weighted by Gasteiger charge is -2.18. The van der Waals surface area contributed by atoms with Crippen molar-refractivity contribution in [1.29, 1.82) is 0 Å². The summed E-state index contributed by atoms with van der Waals surface area (Å²) in [5.41, 5.74) is 0. The normalized spacial score (nSPS) is 18.2. The minimum absolute atomic E-state index is 0.0206. The number of aliphatic hydroxyl groups is 1. The number of aromatic nitrogens is 2. The Morgan fingerprint density at radius 2 is 2.22 bits per heavy atom. The van der Waals surface area contributed by atoms with E-state index in [0.717, 1.165) is 5.01 Å². The number of carbonyl (C=O) groups excluding carboxylic acids is 1. The van der Waals surface area contributed by atoms with E-state index >= 15 is 0 Å². The molecule has 1 saturated carbocycles. The summed E-state index contributed by atoms with van der Waals surface area (Å²) in [6.07, 6.45) is 2.34. The van der Waals surface area contributed by atoms with Crippen LogP contribution in [0.5, 0.6) is 0 Å². The van der Waals surface area contributed by atoms with Gasteiger partial charge in [0.15, 0.2) is 0 Å². The molecule has 1 aromatic heterocycles. The zero-order chi connectivity index (χ0) is 13.1. The molecule has 0 saturated heterocycles. The first-order valence-electron chi connectivity index (χ1n) is 6.12. The Bertz CT molecular complexity index is 419. The topological polar surface area (TPSA) is 87.1 Å². The SMILES string of the molecule is CC(CO)C(C)NC(=O)Nc1nnc(C2CC2)s1. The molecule has 2 rings (SSSR count). The minimum atomic E-state index is -0.304. The van der Waals surface area contributed by atoms with Crippen LogP contribution in [0.1, 0.15) is 37.6 Å².